The van der Waals surface area contributed by atoms with E-state index in [1.165, 1.54) is 0 Å². The Kier molecular flexibility index (Phi) is 5.30. The highest BCUT2D eigenvalue weighted by Gasteiger charge is 2.05. The van der Waals surface area contributed by atoms with Gasteiger partial charge < -0.3 is 14.2 Å². The monoisotopic (exact) mass is 303 g/mol. The third-order valence-electron chi connectivity index (χ3n) is 2.73. The van der Waals surface area contributed by atoms with Gasteiger partial charge in [-0.3, -0.25) is 0 Å². The van der Waals surface area contributed by atoms with Gasteiger partial charge in [-0.25, -0.2) is 0 Å². The number of para-hydroxylation sites is 2. The van der Waals surface area contributed by atoms with Crippen LogP contribution in [0.25, 0.3) is 0 Å². The smallest absolute Gasteiger partial charge is 0.161 e. The number of nitriles is 1. The van der Waals surface area contributed by atoms with Gasteiger partial charge in [0.2, 0.25) is 0 Å². The molecule has 2 rings (SSSR count). The van der Waals surface area contributed by atoms with Crippen molar-refractivity contribution in [1.82, 2.24) is 0 Å². The zero-order chi connectivity index (χ0) is 15.1. The Hall–Kier alpha value is -2.38. The van der Waals surface area contributed by atoms with Crippen molar-refractivity contribution in [1.29, 1.82) is 5.26 Å². The molecule has 0 aliphatic heterocycles. The minimum absolute atomic E-state index is 0.337. The lowest BCUT2D eigenvalue weighted by Crippen LogP contribution is -2.09. The molecule has 0 N–H and O–H groups in total. The maximum absolute atomic E-state index is 8.76. The molecule has 0 bridgehead atoms. The predicted molar refractivity (Wildman–Crippen MR) is 80.2 cm³/mol. The zero-order valence-corrected chi connectivity index (χ0v) is 12.3. The number of ether oxygens (including phenoxy) is 3. The molecule has 0 saturated heterocycles. The van der Waals surface area contributed by atoms with Gasteiger partial charge in [-0.2, -0.15) is 5.26 Å². The fourth-order valence-electron chi connectivity index (χ4n) is 1.73. The quantitative estimate of drug-likeness (QED) is 0.764. The summed E-state index contributed by atoms with van der Waals surface area (Å²) in [6.45, 7) is 0.695. The Labute approximate surface area is 128 Å². The first-order valence-electron chi connectivity index (χ1n) is 6.33. The van der Waals surface area contributed by atoms with E-state index in [-0.39, 0.29) is 0 Å². The highest BCUT2D eigenvalue weighted by atomic mass is 35.5. The fourth-order valence-corrected chi connectivity index (χ4v) is 1.96. The average molecular weight is 304 g/mol. The van der Waals surface area contributed by atoms with Gasteiger partial charge in [0, 0.05) is 0 Å². The molecule has 0 unspecified atom stereocenters. The molecule has 0 saturated carbocycles. The van der Waals surface area contributed by atoms with E-state index in [9.17, 15) is 0 Å². The third kappa shape index (κ3) is 4.04. The first-order chi connectivity index (χ1) is 10.2. The molecule has 2 aromatic rings. The third-order valence-corrected chi connectivity index (χ3v) is 3.02. The van der Waals surface area contributed by atoms with Gasteiger partial charge in [-0.15, -0.1) is 0 Å². The number of rotatable bonds is 6. The SMILES string of the molecule is COc1ccccc1OCCOc1ccc(C#N)cc1Cl. The van der Waals surface area contributed by atoms with E-state index >= 15 is 0 Å². The first-order valence-corrected chi connectivity index (χ1v) is 6.70. The lowest BCUT2D eigenvalue weighted by atomic mass is 10.2. The van der Waals surface area contributed by atoms with Crippen LogP contribution in [0.3, 0.4) is 0 Å². The summed E-state index contributed by atoms with van der Waals surface area (Å²) in [5.41, 5.74) is 0.498. The molecule has 0 heterocycles. The maximum atomic E-state index is 8.76. The van der Waals surface area contributed by atoms with Crippen molar-refractivity contribution in [3.05, 3.63) is 53.1 Å². The number of halogens is 1. The minimum Gasteiger partial charge on any atom is -0.493 e. The van der Waals surface area contributed by atoms with Crippen LogP contribution in [0.2, 0.25) is 5.02 Å². The standard InChI is InChI=1S/C16H14ClNO3/c1-19-15-4-2-3-5-16(15)21-9-8-20-14-7-6-12(11-18)10-13(14)17/h2-7,10H,8-9H2,1H3. The Bertz CT molecular complexity index is 652. The minimum atomic E-state index is 0.337. The molecule has 0 amide bonds. The molecule has 2 aromatic carbocycles. The van der Waals surface area contributed by atoms with E-state index in [4.69, 9.17) is 31.1 Å². The first kappa shape index (κ1) is 15.0. The Morgan fingerprint density at radius 3 is 2.29 bits per heavy atom. The van der Waals surface area contributed by atoms with Crippen LogP contribution < -0.4 is 14.2 Å². The molecule has 5 heteroatoms. The summed E-state index contributed by atoms with van der Waals surface area (Å²) >= 11 is 6.01. The summed E-state index contributed by atoms with van der Waals surface area (Å²) in [4.78, 5) is 0. The van der Waals surface area contributed by atoms with E-state index in [0.717, 1.165) is 0 Å². The van der Waals surface area contributed by atoms with Gasteiger partial charge in [0.25, 0.3) is 0 Å². The second kappa shape index (κ2) is 7.41. The van der Waals surface area contributed by atoms with E-state index in [1.807, 2.05) is 30.3 Å². The Morgan fingerprint density at radius 2 is 1.67 bits per heavy atom. The molecule has 0 fully saturated rings. The normalized spacial score (nSPS) is 9.76. The van der Waals surface area contributed by atoms with Gasteiger partial charge in [0.05, 0.1) is 23.8 Å². The second-order valence-electron chi connectivity index (χ2n) is 4.10. The van der Waals surface area contributed by atoms with Crippen LogP contribution in [0, 0.1) is 11.3 Å². The average Bonchev–Trinajstić information content (AvgIpc) is 2.53. The molecule has 4 nitrogen and oxygen atoms in total. The maximum Gasteiger partial charge on any atom is 0.161 e. The van der Waals surface area contributed by atoms with Gasteiger partial charge in [0.15, 0.2) is 11.5 Å². The fraction of sp³-hybridized carbons (Fsp3) is 0.188. The molecular formula is C16H14ClNO3. The predicted octanol–water partition coefficient (Wildman–Crippen LogP) is 3.68. The summed E-state index contributed by atoms with van der Waals surface area (Å²) in [5, 5.41) is 9.17. The van der Waals surface area contributed by atoms with Gasteiger partial charge >= 0.3 is 0 Å². The molecule has 0 radical (unpaired) electrons. The van der Waals surface area contributed by atoms with Crippen molar-refractivity contribution in [2.75, 3.05) is 20.3 Å². The topological polar surface area (TPSA) is 51.5 Å². The number of hydrogen-bond donors (Lipinski definition) is 0. The Balaban J connectivity index is 1.86. The van der Waals surface area contributed by atoms with Gasteiger partial charge in [-0.05, 0) is 30.3 Å². The second-order valence-corrected chi connectivity index (χ2v) is 4.51. The lowest BCUT2D eigenvalue weighted by Gasteiger charge is -2.11. The van der Waals surface area contributed by atoms with E-state index < -0.39 is 0 Å². The van der Waals surface area contributed by atoms with Crippen molar-refractivity contribution >= 4 is 11.6 Å². The van der Waals surface area contributed by atoms with Crippen LogP contribution >= 0.6 is 11.6 Å². The van der Waals surface area contributed by atoms with Gasteiger partial charge in [0.1, 0.15) is 19.0 Å². The van der Waals surface area contributed by atoms with E-state index in [1.54, 1.807) is 25.3 Å². The molecular weight excluding hydrogens is 290 g/mol. The molecule has 0 aliphatic carbocycles. The molecule has 0 aliphatic rings. The summed E-state index contributed by atoms with van der Waals surface area (Å²) in [5.74, 6) is 1.86. The lowest BCUT2D eigenvalue weighted by molar-refractivity contribution is 0.211. The van der Waals surface area contributed by atoms with Crippen molar-refractivity contribution in [3.63, 3.8) is 0 Å². The summed E-state index contributed by atoms with van der Waals surface area (Å²) in [6, 6.07) is 14.3. The molecule has 21 heavy (non-hydrogen) atoms. The zero-order valence-electron chi connectivity index (χ0n) is 11.5. The molecule has 108 valence electrons. The van der Waals surface area contributed by atoms with Crippen LogP contribution in [-0.4, -0.2) is 20.3 Å². The largest absolute Gasteiger partial charge is 0.493 e. The highest BCUT2D eigenvalue weighted by molar-refractivity contribution is 6.32. The number of benzene rings is 2. The van der Waals surface area contributed by atoms with Crippen LogP contribution in [0.15, 0.2) is 42.5 Å². The van der Waals surface area contributed by atoms with E-state index in [0.29, 0.717) is 41.0 Å². The summed E-state index contributed by atoms with van der Waals surface area (Å²) in [6.07, 6.45) is 0. The van der Waals surface area contributed by atoms with Crippen LogP contribution in [0.1, 0.15) is 5.56 Å². The molecule has 0 atom stereocenters. The van der Waals surface area contributed by atoms with Gasteiger partial charge in [-0.1, -0.05) is 23.7 Å². The molecule has 0 spiro atoms. The summed E-state index contributed by atoms with van der Waals surface area (Å²) < 4.78 is 16.3. The number of hydrogen-bond acceptors (Lipinski definition) is 4. The number of methoxy groups -OCH3 is 1. The van der Waals surface area contributed by atoms with Crippen molar-refractivity contribution in [2.45, 2.75) is 0 Å². The van der Waals surface area contributed by atoms with Crippen LogP contribution in [0.4, 0.5) is 0 Å². The number of nitrogens with zero attached hydrogens (tertiary/aromatic N) is 1. The Morgan fingerprint density at radius 1 is 1.00 bits per heavy atom. The van der Waals surface area contributed by atoms with Crippen LogP contribution in [0.5, 0.6) is 17.2 Å². The summed E-state index contributed by atoms with van der Waals surface area (Å²) in [7, 11) is 1.59. The molecule has 0 aromatic heterocycles. The van der Waals surface area contributed by atoms with Crippen molar-refractivity contribution < 1.29 is 14.2 Å². The van der Waals surface area contributed by atoms with Crippen LogP contribution in [-0.2, 0) is 0 Å². The van der Waals surface area contributed by atoms with Crippen molar-refractivity contribution in [3.8, 4) is 23.3 Å². The van der Waals surface area contributed by atoms with Crippen molar-refractivity contribution in [2.24, 2.45) is 0 Å². The van der Waals surface area contributed by atoms with E-state index in [2.05, 4.69) is 0 Å². The highest BCUT2D eigenvalue weighted by Crippen LogP contribution is 2.27.